The van der Waals surface area contributed by atoms with Crippen LogP contribution in [0.25, 0.3) is 0 Å². The van der Waals surface area contributed by atoms with Gasteiger partial charge in [-0.15, -0.1) is 0 Å². The van der Waals surface area contributed by atoms with Gasteiger partial charge in [0.15, 0.2) is 0 Å². The highest BCUT2D eigenvalue weighted by molar-refractivity contribution is 4.54. The normalized spacial score (nSPS) is 25.4. The summed E-state index contributed by atoms with van der Waals surface area (Å²) in [5.74, 6) is 0. The van der Waals surface area contributed by atoms with Gasteiger partial charge in [0.05, 0.1) is 53.4 Å². The summed E-state index contributed by atoms with van der Waals surface area (Å²) in [6, 6.07) is 0. The molecule has 2 rings (SSSR count). The lowest BCUT2D eigenvalue weighted by atomic mass is 10.1. The molecule has 2 saturated heterocycles. The summed E-state index contributed by atoms with van der Waals surface area (Å²) >= 11 is 0. The molecule has 0 saturated carbocycles. The molecule has 130 valence electrons. The van der Waals surface area contributed by atoms with Crippen LogP contribution in [0.5, 0.6) is 0 Å². The van der Waals surface area contributed by atoms with E-state index in [2.05, 4.69) is 14.1 Å². The summed E-state index contributed by atoms with van der Waals surface area (Å²) in [4.78, 5) is 0. The topological polar surface area (TPSA) is 0 Å². The molecule has 0 aromatic heterocycles. The Kier molecular flexibility index (Phi) is 7.70. The van der Waals surface area contributed by atoms with E-state index in [9.17, 15) is 0 Å². The summed E-state index contributed by atoms with van der Waals surface area (Å²) in [5, 5.41) is 0. The number of hydrogen-bond donors (Lipinski definition) is 0. The second-order valence-corrected chi connectivity index (χ2v) is 8.82. The first-order valence-electron chi connectivity index (χ1n) is 10.3. The average Bonchev–Trinajstić information content (AvgIpc) is 2.84. The van der Waals surface area contributed by atoms with Crippen LogP contribution in [0.3, 0.4) is 0 Å². The van der Waals surface area contributed by atoms with E-state index in [4.69, 9.17) is 0 Å². The SMILES string of the molecule is C[N+]1(CCCCCC[N+]2(C)CCCCCC2)CCCCCC1. The number of nitrogens with zero attached hydrogens (tertiary/aromatic N) is 2. The van der Waals surface area contributed by atoms with Crippen LogP contribution in [0.15, 0.2) is 0 Å². The quantitative estimate of drug-likeness (QED) is 0.476. The van der Waals surface area contributed by atoms with Crippen molar-refractivity contribution in [2.24, 2.45) is 0 Å². The molecule has 0 unspecified atom stereocenters. The molecule has 22 heavy (non-hydrogen) atoms. The maximum atomic E-state index is 2.51. The largest absolute Gasteiger partial charge is 0.326 e. The Morgan fingerprint density at radius 1 is 0.455 bits per heavy atom. The molecule has 0 amide bonds. The Bertz CT molecular complexity index is 254. The summed E-state index contributed by atoms with van der Waals surface area (Å²) < 4.78 is 2.74. The van der Waals surface area contributed by atoms with Crippen molar-refractivity contribution in [2.45, 2.75) is 77.0 Å². The zero-order valence-electron chi connectivity index (χ0n) is 15.6. The first-order valence-corrected chi connectivity index (χ1v) is 10.3. The van der Waals surface area contributed by atoms with Crippen molar-refractivity contribution in [1.29, 1.82) is 0 Å². The average molecular weight is 311 g/mol. The molecule has 2 aliphatic rings. The molecule has 2 aliphatic heterocycles. The second kappa shape index (κ2) is 9.27. The number of likely N-dealkylation sites (tertiary alicyclic amines) is 2. The van der Waals surface area contributed by atoms with Crippen LogP contribution in [0.2, 0.25) is 0 Å². The van der Waals surface area contributed by atoms with Crippen LogP contribution >= 0.6 is 0 Å². The monoisotopic (exact) mass is 310 g/mol. The molecule has 2 fully saturated rings. The van der Waals surface area contributed by atoms with Crippen molar-refractivity contribution in [2.75, 3.05) is 53.4 Å². The van der Waals surface area contributed by atoms with Gasteiger partial charge in [-0.2, -0.15) is 0 Å². The molecule has 0 radical (unpaired) electrons. The highest BCUT2D eigenvalue weighted by Gasteiger charge is 2.24. The Hall–Kier alpha value is -0.0800. The van der Waals surface area contributed by atoms with Gasteiger partial charge in [-0.05, 0) is 77.0 Å². The van der Waals surface area contributed by atoms with Gasteiger partial charge in [-0.25, -0.2) is 0 Å². The van der Waals surface area contributed by atoms with Gasteiger partial charge in [0.1, 0.15) is 0 Å². The highest BCUT2D eigenvalue weighted by atomic mass is 15.3. The van der Waals surface area contributed by atoms with Crippen molar-refractivity contribution in [1.82, 2.24) is 0 Å². The van der Waals surface area contributed by atoms with E-state index in [0.29, 0.717) is 0 Å². The summed E-state index contributed by atoms with van der Waals surface area (Å²) in [6.45, 7) is 8.63. The van der Waals surface area contributed by atoms with E-state index in [-0.39, 0.29) is 0 Å². The van der Waals surface area contributed by atoms with Crippen LogP contribution in [0.1, 0.15) is 77.0 Å². The molecule has 0 atom stereocenters. The summed E-state index contributed by atoms with van der Waals surface area (Å²) in [5.41, 5.74) is 0. The van der Waals surface area contributed by atoms with Crippen LogP contribution < -0.4 is 0 Å². The van der Waals surface area contributed by atoms with E-state index in [1.807, 2.05) is 0 Å². The summed E-state index contributed by atoms with van der Waals surface area (Å²) in [7, 11) is 5.02. The fourth-order valence-electron chi connectivity index (χ4n) is 4.69. The van der Waals surface area contributed by atoms with Gasteiger partial charge in [0.2, 0.25) is 0 Å². The molecule has 2 heterocycles. The molecule has 0 aromatic carbocycles. The van der Waals surface area contributed by atoms with E-state index in [1.165, 1.54) is 125 Å². The van der Waals surface area contributed by atoms with Gasteiger partial charge in [-0.3, -0.25) is 0 Å². The first-order chi connectivity index (χ1) is 10.6. The Labute approximate surface area is 140 Å². The van der Waals surface area contributed by atoms with Gasteiger partial charge in [0.25, 0.3) is 0 Å². The van der Waals surface area contributed by atoms with E-state index < -0.39 is 0 Å². The third-order valence-electron chi connectivity index (χ3n) is 6.44. The van der Waals surface area contributed by atoms with Crippen LogP contribution in [-0.4, -0.2) is 62.3 Å². The first kappa shape index (κ1) is 18.3. The molecule has 0 bridgehead atoms. The molecular weight excluding hydrogens is 268 g/mol. The lowest BCUT2D eigenvalue weighted by Gasteiger charge is -2.34. The van der Waals surface area contributed by atoms with E-state index in [0.717, 1.165) is 0 Å². The maximum Gasteiger partial charge on any atom is 0.0784 e. The van der Waals surface area contributed by atoms with Crippen LogP contribution in [0.4, 0.5) is 0 Å². The van der Waals surface area contributed by atoms with Gasteiger partial charge in [0, 0.05) is 0 Å². The minimum atomic E-state index is 1.37. The van der Waals surface area contributed by atoms with Crippen molar-refractivity contribution < 1.29 is 8.97 Å². The number of rotatable bonds is 7. The number of quaternary nitrogens is 2. The van der Waals surface area contributed by atoms with Crippen LogP contribution in [0, 0.1) is 0 Å². The number of unbranched alkanes of at least 4 members (excludes halogenated alkanes) is 3. The van der Waals surface area contributed by atoms with Gasteiger partial charge < -0.3 is 8.97 Å². The maximum absolute atomic E-state index is 2.51. The van der Waals surface area contributed by atoms with Crippen molar-refractivity contribution in [3.8, 4) is 0 Å². The molecule has 2 heteroatoms. The predicted molar refractivity (Wildman–Crippen MR) is 97.0 cm³/mol. The van der Waals surface area contributed by atoms with Crippen molar-refractivity contribution >= 4 is 0 Å². The highest BCUT2D eigenvalue weighted by Crippen LogP contribution is 2.19. The standard InChI is InChI=1S/C20H42N2/c1-21(15-9-3-4-10-16-21)19-13-7-8-14-20-22(2)17-11-5-6-12-18-22/h3-20H2,1-2H3/q+2. The fraction of sp³-hybridized carbons (Fsp3) is 1.00. The zero-order chi connectivity index (χ0) is 15.7. The fourth-order valence-corrected chi connectivity index (χ4v) is 4.69. The Morgan fingerprint density at radius 3 is 1.09 bits per heavy atom. The van der Waals surface area contributed by atoms with Gasteiger partial charge >= 0.3 is 0 Å². The zero-order valence-corrected chi connectivity index (χ0v) is 15.6. The lowest BCUT2D eigenvalue weighted by molar-refractivity contribution is -0.909. The summed E-state index contributed by atoms with van der Waals surface area (Å²) in [6.07, 6.45) is 17.6. The molecule has 0 N–H and O–H groups in total. The molecule has 2 nitrogen and oxygen atoms in total. The lowest BCUT2D eigenvalue weighted by Crippen LogP contribution is -2.45. The minimum absolute atomic E-state index is 1.37. The second-order valence-electron chi connectivity index (χ2n) is 8.82. The third-order valence-corrected chi connectivity index (χ3v) is 6.44. The third kappa shape index (κ3) is 6.58. The Balaban J connectivity index is 1.55. The van der Waals surface area contributed by atoms with Crippen molar-refractivity contribution in [3.05, 3.63) is 0 Å². The minimum Gasteiger partial charge on any atom is -0.326 e. The van der Waals surface area contributed by atoms with Crippen molar-refractivity contribution in [3.63, 3.8) is 0 Å². The molecule has 0 spiro atoms. The molecule has 0 aromatic rings. The van der Waals surface area contributed by atoms with E-state index >= 15 is 0 Å². The van der Waals surface area contributed by atoms with E-state index in [1.54, 1.807) is 0 Å². The van der Waals surface area contributed by atoms with Crippen LogP contribution in [-0.2, 0) is 0 Å². The predicted octanol–water partition coefficient (Wildman–Crippen LogP) is 4.59. The van der Waals surface area contributed by atoms with Gasteiger partial charge in [-0.1, -0.05) is 0 Å². The smallest absolute Gasteiger partial charge is 0.0784 e. The molecule has 0 aliphatic carbocycles. The number of hydrogen-bond acceptors (Lipinski definition) is 0. The Morgan fingerprint density at radius 2 is 0.773 bits per heavy atom. The molecular formula is C20H42N2+2.